The highest BCUT2D eigenvalue weighted by Gasteiger charge is 2.09. The summed E-state index contributed by atoms with van der Waals surface area (Å²) in [5.74, 6) is 2.63. The molecule has 1 aliphatic heterocycles. The number of hydrogen-bond donors (Lipinski definition) is 1. The Morgan fingerprint density at radius 3 is 3.08 bits per heavy atom. The van der Waals surface area contributed by atoms with Gasteiger partial charge in [-0.05, 0) is 43.7 Å². The van der Waals surface area contributed by atoms with Crippen LogP contribution in [0.2, 0.25) is 0 Å². The summed E-state index contributed by atoms with van der Waals surface area (Å²) in [7, 11) is 0. The van der Waals surface area contributed by atoms with Crippen molar-refractivity contribution in [2.24, 2.45) is 0 Å². The molecule has 0 saturated carbocycles. The zero-order valence-electron chi connectivity index (χ0n) is 8.85. The molecule has 1 nitrogen and oxygen atoms in total. The minimum atomic E-state index is 0.833. The van der Waals surface area contributed by atoms with Crippen LogP contribution in [0.5, 0.6) is 0 Å². The van der Waals surface area contributed by atoms with E-state index in [9.17, 15) is 0 Å². The Hall–Kier alpha value is 0.310. The summed E-state index contributed by atoms with van der Waals surface area (Å²) < 4.78 is 0. The topological polar surface area (TPSA) is 12.0 Å². The van der Waals surface area contributed by atoms with Crippen LogP contribution in [0.15, 0.2) is 0 Å². The second-order valence-electron chi connectivity index (χ2n) is 3.84. The lowest BCUT2D eigenvalue weighted by molar-refractivity contribution is 0.475. The lowest BCUT2D eigenvalue weighted by Crippen LogP contribution is -2.28. The predicted molar refractivity (Wildman–Crippen MR) is 62.5 cm³/mol. The maximum absolute atomic E-state index is 3.65. The standard InChI is InChI=1S/C11H23NS/c1-2-13-10-6-8-11-7-4-3-5-9-12-11/h11-12H,2-10H2,1H3. The molecule has 1 aliphatic rings. The number of nitrogens with one attached hydrogen (secondary N) is 1. The maximum Gasteiger partial charge on any atom is 0.00673 e. The van der Waals surface area contributed by atoms with Crippen molar-refractivity contribution < 1.29 is 0 Å². The Morgan fingerprint density at radius 1 is 1.31 bits per heavy atom. The summed E-state index contributed by atoms with van der Waals surface area (Å²) in [5.41, 5.74) is 0. The van der Waals surface area contributed by atoms with E-state index < -0.39 is 0 Å². The molecule has 1 N–H and O–H groups in total. The van der Waals surface area contributed by atoms with E-state index >= 15 is 0 Å². The van der Waals surface area contributed by atoms with Gasteiger partial charge in [0.05, 0.1) is 0 Å². The summed E-state index contributed by atoms with van der Waals surface area (Å²) in [4.78, 5) is 0. The zero-order valence-corrected chi connectivity index (χ0v) is 9.67. The molecule has 1 fully saturated rings. The van der Waals surface area contributed by atoms with Crippen LogP contribution in [0, 0.1) is 0 Å². The van der Waals surface area contributed by atoms with Gasteiger partial charge < -0.3 is 5.32 Å². The lowest BCUT2D eigenvalue weighted by Gasteiger charge is -2.14. The zero-order chi connectivity index (χ0) is 9.36. The van der Waals surface area contributed by atoms with Crippen molar-refractivity contribution in [2.45, 2.75) is 51.5 Å². The normalized spacial score (nSPS) is 24.2. The van der Waals surface area contributed by atoms with Crippen LogP contribution < -0.4 is 5.32 Å². The molecular formula is C11H23NS. The molecule has 0 spiro atoms. The van der Waals surface area contributed by atoms with Gasteiger partial charge in [0.15, 0.2) is 0 Å². The van der Waals surface area contributed by atoms with Crippen LogP contribution in [0.4, 0.5) is 0 Å². The molecule has 13 heavy (non-hydrogen) atoms. The van der Waals surface area contributed by atoms with Gasteiger partial charge >= 0.3 is 0 Å². The monoisotopic (exact) mass is 201 g/mol. The first kappa shape index (κ1) is 11.4. The highest BCUT2D eigenvalue weighted by molar-refractivity contribution is 7.99. The second kappa shape index (κ2) is 7.69. The third-order valence-electron chi connectivity index (χ3n) is 2.71. The number of rotatable bonds is 5. The summed E-state index contributed by atoms with van der Waals surface area (Å²) in [6, 6.07) is 0.833. The molecular weight excluding hydrogens is 178 g/mol. The molecule has 0 aromatic rings. The molecule has 0 amide bonds. The average molecular weight is 201 g/mol. The van der Waals surface area contributed by atoms with Crippen LogP contribution in [0.25, 0.3) is 0 Å². The molecule has 0 aromatic heterocycles. The first-order chi connectivity index (χ1) is 6.43. The quantitative estimate of drug-likeness (QED) is 0.686. The Balaban J connectivity index is 1.98. The molecule has 0 aliphatic carbocycles. The van der Waals surface area contributed by atoms with Gasteiger partial charge in [-0.25, -0.2) is 0 Å². The molecule has 1 unspecified atom stereocenters. The van der Waals surface area contributed by atoms with E-state index in [0.29, 0.717) is 0 Å². The van der Waals surface area contributed by atoms with E-state index in [1.54, 1.807) is 0 Å². The Morgan fingerprint density at radius 2 is 2.23 bits per heavy atom. The van der Waals surface area contributed by atoms with Crippen molar-refractivity contribution in [3.05, 3.63) is 0 Å². The van der Waals surface area contributed by atoms with Gasteiger partial charge in [-0.15, -0.1) is 0 Å². The molecule has 2 heteroatoms. The van der Waals surface area contributed by atoms with Crippen molar-refractivity contribution in [2.75, 3.05) is 18.1 Å². The molecule has 1 saturated heterocycles. The summed E-state index contributed by atoms with van der Waals surface area (Å²) in [6.45, 7) is 3.50. The van der Waals surface area contributed by atoms with Gasteiger partial charge in [-0.2, -0.15) is 11.8 Å². The predicted octanol–water partition coefficient (Wildman–Crippen LogP) is 3.05. The van der Waals surface area contributed by atoms with E-state index in [2.05, 4.69) is 24.0 Å². The first-order valence-electron chi connectivity index (χ1n) is 5.74. The SMILES string of the molecule is CCSCCCC1CCCCCN1. The van der Waals surface area contributed by atoms with Crippen LogP contribution in [0.3, 0.4) is 0 Å². The van der Waals surface area contributed by atoms with Gasteiger partial charge in [0.1, 0.15) is 0 Å². The summed E-state index contributed by atoms with van der Waals surface area (Å²) in [5, 5.41) is 3.65. The molecule has 1 atom stereocenters. The van der Waals surface area contributed by atoms with Crippen molar-refractivity contribution in [1.29, 1.82) is 0 Å². The summed E-state index contributed by atoms with van der Waals surface area (Å²) >= 11 is 2.07. The van der Waals surface area contributed by atoms with E-state index in [-0.39, 0.29) is 0 Å². The Bertz CT molecular complexity index is 109. The number of hydrogen-bond acceptors (Lipinski definition) is 2. The van der Waals surface area contributed by atoms with Crippen molar-refractivity contribution >= 4 is 11.8 Å². The second-order valence-corrected chi connectivity index (χ2v) is 5.23. The van der Waals surface area contributed by atoms with Crippen molar-refractivity contribution in [3.8, 4) is 0 Å². The third kappa shape index (κ3) is 5.58. The lowest BCUT2D eigenvalue weighted by atomic mass is 10.1. The maximum atomic E-state index is 3.65. The van der Waals surface area contributed by atoms with E-state index in [1.807, 2.05) is 0 Å². The first-order valence-corrected chi connectivity index (χ1v) is 6.90. The molecule has 0 bridgehead atoms. The van der Waals surface area contributed by atoms with Crippen molar-refractivity contribution in [3.63, 3.8) is 0 Å². The van der Waals surface area contributed by atoms with Gasteiger partial charge in [-0.3, -0.25) is 0 Å². The van der Waals surface area contributed by atoms with Gasteiger partial charge in [-0.1, -0.05) is 19.8 Å². The van der Waals surface area contributed by atoms with Crippen LogP contribution >= 0.6 is 11.8 Å². The summed E-state index contributed by atoms with van der Waals surface area (Å²) in [6.07, 6.45) is 8.48. The molecule has 0 aromatic carbocycles. The minimum absolute atomic E-state index is 0.833. The van der Waals surface area contributed by atoms with Gasteiger partial charge in [0.2, 0.25) is 0 Å². The van der Waals surface area contributed by atoms with Crippen molar-refractivity contribution in [1.82, 2.24) is 5.32 Å². The van der Waals surface area contributed by atoms with E-state index in [1.165, 1.54) is 56.6 Å². The Kier molecular flexibility index (Phi) is 6.73. The minimum Gasteiger partial charge on any atom is -0.314 e. The largest absolute Gasteiger partial charge is 0.314 e. The van der Waals surface area contributed by atoms with Crippen LogP contribution in [-0.4, -0.2) is 24.1 Å². The van der Waals surface area contributed by atoms with Crippen LogP contribution in [0.1, 0.15) is 45.4 Å². The van der Waals surface area contributed by atoms with Crippen LogP contribution in [-0.2, 0) is 0 Å². The van der Waals surface area contributed by atoms with Gasteiger partial charge in [0, 0.05) is 6.04 Å². The fraction of sp³-hybridized carbons (Fsp3) is 1.00. The van der Waals surface area contributed by atoms with E-state index in [0.717, 1.165) is 6.04 Å². The van der Waals surface area contributed by atoms with E-state index in [4.69, 9.17) is 0 Å². The highest BCUT2D eigenvalue weighted by atomic mass is 32.2. The molecule has 1 rings (SSSR count). The molecule has 1 heterocycles. The fourth-order valence-corrected chi connectivity index (χ4v) is 2.58. The number of thioether (sulfide) groups is 1. The highest BCUT2D eigenvalue weighted by Crippen LogP contribution is 2.13. The molecule has 78 valence electrons. The van der Waals surface area contributed by atoms with Gasteiger partial charge in [0.25, 0.3) is 0 Å². The fourth-order valence-electron chi connectivity index (χ4n) is 1.92. The smallest absolute Gasteiger partial charge is 0.00673 e. The average Bonchev–Trinajstić information content (AvgIpc) is 2.41. The molecule has 0 radical (unpaired) electrons. The third-order valence-corrected chi connectivity index (χ3v) is 3.69. The Labute approximate surface area is 87.1 Å².